The van der Waals surface area contributed by atoms with E-state index in [0.717, 1.165) is 31.5 Å². The highest BCUT2D eigenvalue weighted by Gasteiger charge is 2.44. The first-order valence-electron chi connectivity index (χ1n) is 6.46. The summed E-state index contributed by atoms with van der Waals surface area (Å²) in [5.74, 6) is 0. The van der Waals surface area contributed by atoms with E-state index in [0.29, 0.717) is 12.8 Å². The van der Waals surface area contributed by atoms with Crippen molar-refractivity contribution in [1.82, 2.24) is 16.2 Å². The number of fused-ring (bicyclic) bond motifs is 1. The van der Waals surface area contributed by atoms with Crippen LogP contribution in [0.15, 0.2) is 11.6 Å². The third-order valence-corrected chi connectivity index (χ3v) is 4.24. The number of allylic oxidation sites excluding steroid dienone is 1. The lowest BCUT2D eigenvalue weighted by Gasteiger charge is -2.49. The van der Waals surface area contributed by atoms with Gasteiger partial charge in [0.05, 0.1) is 6.10 Å². The fourth-order valence-electron chi connectivity index (χ4n) is 3.32. The standard InChI is InChI=1S/C12H20FN3O/c13-8-1-2-10-9(5-8)11(17)6-12(16-10)3-4-14-15-7-12/h5,8,10-11,14-17H,1-4,6-7H2. The van der Waals surface area contributed by atoms with Crippen molar-refractivity contribution in [3.8, 4) is 0 Å². The summed E-state index contributed by atoms with van der Waals surface area (Å²) < 4.78 is 13.3. The molecule has 0 bridgehead atoms. The molecule has 0 amide bonds. The zero-order valence-corrected chi connectivity index (χ0v) is 9.88. The van der Waals surface area contributed by atoms with Crippen LogP contribution in [-0.4, -0.2) is 42.1 Å². The lowest BCUT2D eigenvalue weighted by Crippen LogP contribution is -2.67. The third-order valence-electron chi connectivity index (χ3n) is 4.24. The van der Waals surface area contributed by atoms with E-state index in [1.165, 1.54) is 0 Å². The van der Waals surface area contributed by atoms with Crippen LogP contribution in [0.2, 0.25) is 0 Å². The molecule has 4 atom stereocenters. The fraction of sp³-hybridized carbons (Fsp3) is 0.833. The van der Waals surface area contributed by atoms with Gasteiger partial charge in [0.25, 0.3) is 0 Å². The Bertz CT molecular complexity index is 328. The molecule has 4 unspecified atom stereocenters. The van der Waals surface area contributed by atoms with Gasteiger partial charge in [0.15, 0.2) is 0 Å². The number of halogens is 1. The highest BCUT2D eigenvalue weighted by Crippen LogP contribution is 2.35. The monoisotopic (exact) mass is 241 g/mol. The van der Waals surface area contributed by atoms with E-state index in [9.17, 15) is 9.50 Å². The molecule has 3 aliphatic rings. The van der Waals surface area contributed by atoms with Gasteiger partial charge in [-0.25, -0.2) is 4.39 Å². The number of hydrogen-bond acceptors (Lipinski definition) is 4. The molecule has 2 saturated heterocycles. The van der Waals surface area contributed by atoms with Crippen molar-refractivity contribution in [2.75, 3.05) is 13.1 Å². The molecule has 0 radical (unpaired) electrons. The Labute approximate surface area is 101 Å². The summed E-state index contributed by atoms with van der Waals surface area (Å²) in [6.45, 7) is 1.71. The van der Waals surface area contributed by atoms with Gasteiger partial charge >= 0.3 is 0 Å². The summed E-state index contributed by atoms with van der Waals surface area (Å²) in [4.78, 5) is 0. The Kier molecular flexibility index (Phi) is 2.94. The molecular weight excluding hydrogens is 221 g/mol. The average Bonchev–Trinajstić information content (AvgIpc) is 2.31. The Hall–Kier alpha value is -0.490. The first-order chi connectivity index (χ1) is 8.19. The zero-order chi connectivity index (χ0) is 11.9. The van der Waals surface area contributed by atoms with Gasteiger partial charge in [0.1, 0.15) is 6.17 Å². The molecular formula is C12H20FN3O. The fourth-order valence-corrected chi connectivity index (χ4v) is 3.32. The Balaban J connectivity index is 1.80. The smallest absolute Gasteiger partial charge is 0.119 e. The SMILES string of the molecule is OC1CC2(CCNNC2)NC2CCC(F)C=C12. The number of hydrazine groups is 1. The maximum Gasteiger partial charge on any atom is 0.119 e. The van der Waals surface area contributed by atoms with Crippen molar-refractivity contribution < 1.29 is 9.50 Å². The second kappa shape index (κ2) is 4.31. The molecule has 2 fully saturated rings. The van der Waals surface area contributed by atoms with Gasteiger partial charge in [-0.05, 0) is 37.3 Å². The lowest BCUT2D eigenvalue weighted by molar-refractivity contribution is 0.0713. The Morgan fingerprint density at radius 2 is 2.24 bits per heavy atom. The number of rotatable bonds is 0. The van der Waals surface area contributed by atoms with Crippen molar-refractivity contribution in [2.24, 2.45) is 0 Å². The van der Waals surface area contributed by atoms with Crippen LogP contribution in [0.1, 0.15) is 25.7 Å². The van der Waals surface area contributed by atoms with Gasteiger partial charge in [-0.2, -0.15) is 0 Å². The number of alkyl halides is 1. The van der Waals surface area contributed by atoms with Crippen LogP contribution in [0.5, 0.6) is 0 Å². The summed E-state index contributed by atoms with van der Waals surface area (Å²) in [7, 11) is 0. The molecule has 0 aromatic rings. The van der Waals surface area contributed by atoms with E-state index >= 15 is 0 Å². The van der Waals surface area contributed by atoms with Crippen LogP contribution < -0.4 is 16.2 Å². The number of aliphatic hydroxyl groups excluding tert-OH is 1. The molecule has 0 aromatic carbocycles. The molecule has 5 heteroatoms. The van der Waals surface area contributed by atoms with E-state index < -0.39 is 12.3 Å². The van der Waals surface area contributed by atoms with E-state index in [4.69, 9.17) is 0 Å². The van der Waals surface area contributed by atoms with E-state index in [1.54, 1.807) is 6.08 Å². The summed E-state index contributed by atoms with van der Waals surface area (Å²) >= 11 is 0. The molecule has 1 spiro atoms. The quantitative estimate of drug-likeness (QED) is 0.451. The predicted octanol–water partition coefficient (Wildman–Crippen LogP) is 0.00420. The first kappa shape index (κ1) is 11.6. The molecule has 2 aliphatic heterocycles. The van der Waals surface area contributed by atoms with Gasteiger partial charge in [-0.15, -0.1) is 0 Å². The Morgan fingerprint density at radius 3 is 3.00 bits per heavy atom. The minimum absolute atomic E-state index is 0.0319. The maximum absolute atomic E-state index is 13.3. The predicted molar refractivity (Wildman–Crippen MR) is 63.1 cm³/mol. The molecule has 3 rings (SSSR count). The third kappa shape index (κ3) is 2.12. The van der Waals surface area contributed by atoms with Crippen molar-refractivity contribution in [1.29, 1.82) is 0 Å². The summed E-state index contributed by atoms with van der Waals surface area (Å²) in [5.41, 5.74) is 7.09. The molecule has 17 heavy (non-hydrogen) atoms. The first-order valence-corrected chi connectivity index (χ1v) is 6.46. The summed E-state index contributed by atoms with van der Waals surface area (Å²) in [6.07, 6.45) is 3.29. The highest BCUT2D eigenvalue weighted by molar-refractivity contribution is 5.26. The van der Waals surface area contributed by atoms with Crippen molar-refractivity contribution in [3.05, 3.63) is 11.6 Å². The van der Waals surface area contributed by atoms with Gasteiger partial charge in [0.2, 0.25) is 0 Å². The maximum atomic E-state index is 13.3. The summed E-state index contributed by atoms with van der Waals surface area (Å²) in [6, 6.07) is 0.158. The molecule has 0 aromatic heterocycles. The van der Waals surface area contributed by atoms with Crippen LogP contribution in [0.3, 0.4) is 0 Å². The molecule has 0 saturated carbocycles. The molecule has 1 aliphatic carbocycles. The van der Waals surface area contributed by atoms with E-state index in [2.05, 4.69) is 16.2 Å². The molecule has 2 heterocycles. The number of aliphatic hydroxyl groups is 1. The van der Waals surface area contributed by atoms with E-state index in [1.807, 2.05) is 0 Å². The minimum Gasteiger partial charge on any atom is -0.389 e. The summed E-state index contributed by atoms with van der Waals surface area (Å²) in [5, 5.41) is 13.8. The second-order valence-electron chi connectivity index (χ2n) is 5.49. The molecule has 96 valence electrons. The van der Waals surface area contributed by atoms with Gasteiger partial charge in [0, 0.05) is 24.7 Å². The normalized spacial score (nSPS) is 46.5. The highest BCUT2D eigenvalue weighted by atomic mass is 19.1. The van der Waals surface area contributed by atoms with Gasteiger partial charge in [-0.1, -0.05) is 0 Å². The van der Waals surface area contributed by atoms with Crippen LogP contribution in [-0.2, 0) is 0 Å². The largest absolute Gasteiger partial charge is 0.389 e. The molecule has 4 N–H and O–H groups in total. The van der Waals surface area contributed by atoms with Gasteiger partial charge < -0.3 is 10.4 Å². The topological polar surface area (TPSA) is 56.3 Å². The zero-order valence-electron chi connectivity index (χ0n) is 9.88. The van der Waals surface area contributed by atoms with Crippen LogP contribution in [0.4, 0.5) is 4.39 Å². The number of piperidine rings is 1. The lowest BCUT2D eigenvalue weighted by atomic mass is 9.75. The number of hydrogen-bond donors (Lipinski definition) is 4. The number of nitrogens with one attached hydrogen (secondary N) is 3. The average molecular weight is 241 g/mol. The van der Waals surface area contributed by atoms with Gasteiger partial charge in [-0.3, -0.25) is 10.9 Å². The second-order valence-corrected chi connectivity index (χ2v) is 5.49. The van der Waals surface area contributed by atoms with Crippen LogP contribution >= 0.6 is 0 Å². The van der Waals surface area contributed by atoms with Crippen molar-refractivity contribution in [2.45, 2.75) is 49.5 Å². The van der Waals surface area contributed by atoms with Crippen molar-refractivity contribution in [3.63, 3.8) is 0 Å². The van der Waals surface area contributed by atoms with E-state index in [-0.39, 0.29) is 11.6 Å². The van der Waals surface area contributed by atoms with Crippen LogP contribution in [0.25, 0.3) is 0 Å². The Morgan fingerprint density at radius 1 is 1.35 bits per heavy atom. The molecule has 4 nitrogen and oxygen atoms in total. The van der Waals surface area contributed by atoms with Crippen LogP contribution in [0, 0.1) is 0 Å². The minimum atomic E-state index is -0.877. The van der Waals surface area contributed by atoms with Crippen molar-refractivity contribution >= 4 is 0 Å².